The minimum Gasteiger partial charge on any atom is -0.469 e. The van der Waals surface area contributed by atoms with E-state index in [2.05, 4.69) is 25.1 Å². The minimum atomic E-state index is -4.39. The van der Waals surface area contributed by atoms with Gasteiger partial charge in [-0.25, -0.2) is 9.97 Å². The van der Waals surface area contributed by atoms with Crippen molar-refractivity contribution in [3.05, 3.63) is 66.5 Å². The van der Waals surface area contributed by atoms with E-state index in [9.17, 15) is 13.2 Å². The molecular formula is C25H20F3N5O3. The van der Waals surface area contributed by atoms with Gasteiger partial charge in [-0.1, -0.05) is 12.1 Å². The van der Waals surface area contributed by atoms with Crippen LogP contribution < -0.4 is 4.74 Å². The van der Waals surface area contributed by atoms with Crippen molar-refractivity contribution in [1.82, 2.24) is 25.1 Å². The molecule has 5 heterocycles. The molecule has 6 rings (SSSR count). The van der Waals surface area contributed by atoms with Crippen LogP contribution >= 0.6 is 0 Å². The highest BCUT2D eigenvalue weighted by atomic mass is 19.4. The van der Waals surface area contributed by atoms with Crippen LogP contribution in [0.15, 0.2) is 60.9 Å². The smallest absolute Gasteiger partial charge is 0.416 e. The van der Waals surface area contributed by atoms with Crippen LogP contribution in [0.4, 0.5) is 13.2 Å². The third kappa shape index (κ3) is 4.42. The summed E-state index contributed by atoms with van der Waals surface area (Å²) in [5.74, 6) is 1.25. The van der Waals surface area contributed by atoms with Crippen molar-refractivity contribution in [1.29, 1.82) is 0 Å². The molecule has 3 unspecified atom stereocenters. The number of H-pyrrole nitrogens is 1. The number of hydrogen-bond acceptors (Lipinski definition) is 7. The third-order valence-corrected chi connectivity index (χ3v) is 6.22. The second kappa shape index (κ2) is 8.99. The standard InChI is InChI=1S/C25H20F3N5O3/c26-25(27,28)17-5-1-14(2-6-17)23-31-24(33-32-23)16-3-7-18(29-12-16)15-4-8-21(30-11-15)36-20-13-35-19-9-10-34-22(19)20/h1-8,11-12,19-20,22H,9-10,13H2,(H,31,32,33). The molecule has 0 radical (unpaired) electrons. The lowest BCUT2D eigenvalue weighted by atomic mass is 10.1. The summed E-state index contributed by atoms with van der Waals surface area (Å²) in [5.41, 5.74) is 1.96. The number of rotatable bonds is 5. The minimum absolute atomic E-state index is 0.0453. The summed E-state index contributed by atoms with van der Waals surface area (Å²) in [4.78, 5) is 13.3. The van der Waals surface area contributed by atoms with E-state index in [-0.39, 0.29) is 18.3 Å². The summed E-state index contributed by atoms with van der Waals surface area (Å²) in [5, 5.41) is 6.93. The molecule has 0 amide bonds. The molecule has 2 fully saturated rings. The first-order valence-corrected chi connectivity index (χ1v) is 11.4. The van der Waals surface area contributed by atoms with Gasteiger partial charge in [-0.15, -0.1) is 0 Å². The van der Waals surface area contributed by atoms with Crippen molar-refractivity contribution in [2.45, 2.75) is 30.9 Å². The molecule has 0 bridgehead atoms. The van der Waals surface area contributed by atoms with Gasteiger partial charge in [0.1, 0.15) is 6.10 Å². The van der Waals surface area contributed by atoms with E-state index in [0.29, 0.717) is 47.6 Å². The molecule has 11 heteroatoms. The second-order valence-electron chi connectivity index (χ2n) is 8.55. The summed E-state index contributed by atoms with van der Waals surface area (Å²) in [6, 6.07) is 12.0. The molecule has 2 saturated heterocycles. The zero-order valence-corrected chi connectivity index (χ0v) is 18.8. The van der Waals surface area contributed by atoms with Crippen LogP contribution in [0.2, 0.25) is 0 Å². The predicted octanol–water partition coefficient (Wildman–Crippen LogP) is 4.55. The highest BCUT2D eigenvalue weighted by Crippen LogP contribution is 2.31. The van der Waals surface area contributed by atoms with Gasteiger partial charge in [0.05, 0.1) is 24.0 Å². The number of nitrogens with one attached hydrogen (secondary N) is 1. The maximum absolute atomic E-state index is 12.8. The molecule has 2 aliphatic heterocycles. The summed E-state index contributed by atoms with van der Waals surface area (Å²) in [6.07, 6.45) is -0.281. The van der Waals surface area contributed by atoms with E-state index >= 15 is 0 Å². The number of benzene rings is 1. The van der Waals surface area contributed by atoms with Crippen LogP contribution in [0.1, 0.15) is 12.0 Å². The van der Waals surface area contributed by atoms with Gasteiger partial charge >= 0.3 is 6.18 Å². The van der Waals surface area contributed by atoms with Crippen molar-refractivity contribution < 1.29 is 27.4 Å². The number of pyridine rings is 2. The summed E-state index contributed by atoms with van der Waals surface area (Å²) >= 11 is 0. The Morgan fingerprint density at radius 1 is 0.889 bits per heavy atom. The SMILES string of the molecule is FC(F)(F)c1ccc(-c2nc(-c3ccc(-c4ccc(OC5COC6CCOC65)nc4)nc3)n[nH]2)cc1. The third-order valence-electron chi connectivity index (χ3n) is 6.22. The molecule has 8 nitrogen and oxygen atoms in total. The predicted molar refractivity (Wildman–Crippen MR) is 122 cm³/mol. The Morgan fingerprint density at radius 2 is 1.67 bits per heavy atom. The fourth-order valence-electron chi connectivity index (χ4n) is 4.32. The van der Waals surface area contributed by atoms with E-state index in [0.717, 1.165) is 24.1 Å². The van der Waals surface area contributed by atoms with Gasteiger partial charge in [0.25, 0.3) is 0 Å². The first-order valence-electron chi connectivity index (χ1n) is 11.4. The van der Waals surface area contributed by atoms with Crippen molar-refractivity contribution in [2.75, 3.05) is 13.2 Å². The molecule has 4 aromatic rings. The number of nitrogens with zero attached hydrogens (tertiary/aromatic N) is 4. The first-order chi connectivity index (χ1) is 17.4. The molecule has 1 aromatic carbocycles. The highest BCUT2D eigenvalue weighted by molar-refractivity contribution is 5.64. The fourth-order valence-corrected chi connectivity index (χ4v) is 4.32. The van der Waals surface area contributed by atoms with E-state index in [1.165, 1.54) is 12.1 Å². The zero-order valence-electron chi connectivity index (χ0n) is 18.8. The quantitative estimate of drug-likeness (QED) is 0.434. The van der Waals surface area contributed by atoms with Gasteiger partial charge in [0.15, 0.2) is 17.8 Å². The number of alkyl halides is 3. The molecular weight excluding hydrogens is 475 g/mol. The largest absolute Gasteiger partial charge is 0.469 e. The van der Waals surface area contributed by atoms with Gasteiger partial charge in [0, 0.05) is 41.8 Å². The number of ether oxygens (including phenoxy) is 3. The Hall–Kier alpha value is -3.83. The van der Waals surface area contributed by atoms with Crippen LogP contribution in [0.5, 0.6) is 5.88 Å². The summed E-state index contributed by atoms with van der Waals surface area (Å²) in [7, 11) is 0. The monoisotopic (exact) mass is 495 g/mol. The molecule has 184 valence electrons. The van der Waals surface area contributed by atoms with Gasteiger partial charge < -0.3 is 14.2 Å². The fraction of sp³-hybridized carbons (Fsp3) is 0.280. The van der Waals surface area contributed by atoms with Gasteiger partial charge in [-0.05, 0) is 36.8 Å². The van der Waals surface area contributed by atoms with E-state index in [1.54, 1.807) is 18.5 Å². The van der Waals surface area contributed by atoms with Crippen molar-refractivity contribution in [3.63, 3.8) is 0 Å². The number of fused-ring (bicyclic) bond motifs is 1. The highest BCUT2D eigenvalue weighted by Gasteiger charge is 2.43. The number of aromatic nitrogens is 5. The Bertz CT molecular complexity index is 1340. The van der Waals surface area contributed by atoms with E-state index < -0.39 is 11.7 Å². The summed E-state index contributed by atoms with van der Waals surface area (Å²) in [6.45, 7) is 1.18. The van der Waals surface area contributed by atoms with Crippen molar-refractivity contribution in [2.24, 2.45) is 0 Å². The Morgan fingerprint density at radius 3 is 2.39 bits per heavy atom. The van der Waals surface area contributed by atoms with Crippen LogP contribution in [0.3, 0.4) is 0 Å². The lowest BCUT2D eigenvalue weighted by Gasteiger charge is -2.17. The maximum Gasteiger partial charge on any atom is 0.416 e. The normalized spacial score (nSPS) is 21.5. The Kier molecular flexibility index (Phi) is 5.65. The van der Waals surface area contributed by atoms with Crippen LogP contribution in [-0.4, -0.2) is 56.7 Å². The van der Waals surface area contributed by atoms with E-state index in [4.69, 9.17) is 14.2 Å². The van der Waals surface area contributed by atoms with Crippen molar-refractivity contribution >= 4 is 0 Å². The average molecular weight is 495 g/mol. The molecule has 1 N–H and O–H groups in total. The number of hydrogen-bond donors (Lipinski definition) is 1. The molecule has 2 aliphatic rings. The van der Waals surface area contributed by atoms with Crippen molar-refractivity contribution in [3.8, 4) is 39.9 Å². The summed E-state index contributed by atoms with van der Waals surface area (Å²) < 4.78 is 55.7. The van der Waals surface area contributed by atoms with Crippen LogP contribution in [0.25, 0.3) is 34.0 Å². The molecule has 0 aliphatic carbocycles. The average Bonchev–Trinajstić information content (AvgIpc) is 3.64. The van der Waals surface area contributed by atoms with Crippen LogP contribution in [0, 0.1) is 0 Å². The molecule has 3 atom stereocenters. The second-order valence-corrected chi connectivity index (χ2v) is 8.55. The zero-order chi connectivity index (χ0) is 24.7. The topological polar surface area (TPSA) is 95.0 Å². The molecule has 0 saturated carbocycles. The molecule has 0 spiro atoms. The van der Waals surface area contributed by atoms with Gasteiger partial charge in [0.2, 0.25) is 5.88 Å². The molecule has 3 aromatic heterocycles. The molecule has 36 heavy (non-hydrogen) atoms. The lowest BCUT2D eigenvalue weighted by Crippen LogP contribution is -2.32. The van der Waals surface area contributed by atoms with Crippen LogP contribution in [-0.2, 0) is 15.7 Å². The number of halogens is 3. The first kappa shape index (κ1) is 22.6. The Balaban J connectivity index is 1.13. The number of aromatic amines is 1. The van der Waals surface area contributed by atoms with Gasteiger partial charge in [-0.3, -0.25) is 10.1 Å². The maximum atomic E-state index is 12.8. The van der Waals surface area contributed by atoms with E-state index in [1.807, 2.05) is 18.2 Å². The van der Waals surface area contributed by atoms with Gasteiger partial charge in [-0.2, -0.15) is 18.3 Å². The Labute approximate surface area is 203 Å². The lowest BCUT2D eigenvalue weighted by molar-refractivity contribution is -0.137.